The van der Waals surface area contributed by atoms with Gasteiger partial charge in [0.15, 0.2) is 0 Å². The summed E-state index contributed by atoms with van der Waals surface area (Å²) in [6.07, 6.45) is 1.74. The second kappa shape index (κ2) is 9.34. The maximum Gasteiger partial charge on any atom is 0.335 e. The molecule has 3 rings (SSSR count). The maximum atomic E-state index is 13.1. The van der Waals surface area contributed by atoms with Gasteiger partial charge in [-0.2, -0.15) is 5.26 Å². The van der Waals surface area contributed by atoms with E-state index in [0.717, 1.165) is 14.7 Å². The fraction of sp³-hybridized carbons (Fsp3) is 0.0435. The number of nitriles is 1. The minimum absolute atomic E-state index is 0.230. The van der Waals surface area contributed by atoms with Crippen LogP contribution in [0.15, 0.2) is 66.7 Å². The van der Waals surface area contributed by atoms with Crippen LogP contribution in [0.3, 0.4) is 0 Å². The lowest BCUT2D eigenvalue weighted by molar-refractivity contribution is 0.0697. The summed E-state index contributed by atoms with van der Waals surface area (Å²) >= 11 is 2.16. The summed E-state index contributed by atoms with van der Waals surface area (Å²) in [6, 6.07) is 20.0. The molecule has 0 atom stereocenters. The third kappa shape index (κ3) is 5.42. The minimum atomic E-state index is -0.965. The van der Waals surface area contributed by atoms with Gasteiger partial charge in [0.25, 0.3) is 0 Å². The third-order valence-corrected chi connectivity index (χ3v) is 4.98. The molecule has 1 N–H and O–H groups in total. The Morgan fingerprint density at radius 2 is 1.72 bits per heavy atom. The van der Waals surface area contributed by atoms with Gasteiger partial charge in [-0.3, -0.25) is 0 Å². The first-order valence-corrected chi connectivity index (χ1v) is 9.66. The van der Waals surface area contributed by atoms with Crippen LogP contribution in [0.5, 0.6) is 5.75 Å². The first kappa shape index (κ1) is 20.6. The quantitative estimate of drug-likeness (QED) is 0.266. The summed E-state index contributed by atoms with van der Waals surface area (Å²) in [4.78, 5) is 10.9. The average Bonchev–Trinajstić information content (AvgIpc) is 2.72. The predicted octanol–water partition coefficient (Wildman–Crippen LogP) is 5.77. The van der Waals surface area contributed by atoms with Crippen LogP contribution in [0.25, 0.3) is 11.6 Å². The Morgan fingerprint density at radius 3 is 2.31 bits per heavy atom. The Morgan fingerprint density at radius 1 is 1.07 bits per heavy atom. The third-order valence-electron chi connectivity index (χ3n) is 4.14. The van der Waals surface area contributed by atoms with Crippen molar-refractivity contribution in [3.63, 3.8) is 0 Å². The zero-order valence-corrected chi connectivity index (χ0v) is 17.3. The summed E-state index contributed by atoms with van der Waals surface area (Å²) < 4.78 is 19.8. The molecule has 0 fully saturated rings. The number of carboxylic acids is 1. The summed E-state index contributed by atoms with van der Waals surface area (Å²) in [6.45, 7) is 0.310. The molecule has 0 aliphatic rings. The molecule has 144 valence electrons. The van der Waals surface area contributed by atoms with Crippen molar-refractivity contribution < 1.29 is 19.0 Å². The van der Waals surface area contributed by atoms with E-state index in [9.17, 15) is 14.4 Å². The van der Waals surface area contributed by atoms with Gasteiger partial charge in [0, 0.05) is 0 Å². The lowest BCUT2D eigenvalue weighted by atomic mass is 10.0. The fourth-order valence-corrected chi connectivity index (χ4v) is 3.30. The van der Waals surface area contributed by atoms with Gasteiger partial charge in [-0.1, -0.05) is 30.3 Å². The Bertz CT molecular complexity index is 1100. The van der Waals surface area contributed by atoms with Crippen LogP contribution in [0.4, 0.5) is 4.39 Å². The largest absolute Gasteiger partial charge is 0.488 e. The Balaban J connectivity index is 1.73. The number of carbonyl (C=O) groups is 1. The molecule has 0 aromatic heterocycles. The molecule has 0 saturated carbocycles. The molecule has 0 amide bonds. The van der Waals surface area contributed by atoms with Crippen molar-refractivity contribution in [3.8, 4) is 11.8 Å². The first-order valence-electron chi connectivity index (χ1n) is 8.58. The van der Waals surface area contributed by atoms with Crippen LogP contribution in [0.1, 0.15) is 27.0 Å². The lowest BCUT2D eigenvalue weighted by Gasteiger charge is -2.09. The van der Waals surface area contributed by atoms with Crippen LogP contribution in [-0.2, 0) is 6.61 Å². The maximum absolute atomic E-state index is 13.1. The highest BCUT2D eigenvalue weighted by Gasteiger charge is 2.06. The van der Waals surface area contributed by atoms with Crippen LogP contribution in [-0.4, -0.2) is 11.1 Å². The number of halogens is 2. The van der Waals surface area contributed by atoms with Gasteiger partial charge in [0.2, 0.25) is 0 Å². The summed E-state index contributed by atoms with van der Waals surface area (Å²) in [5.74, 6) is -0.627. The van der Waals surface area contributed by atoms with E-state index in [1.807, 2.05) is 18.2 Å². The molecule has 0 saturated heterocycles. The van der Waals surface area contributed by atoms with Crippen LogP contribution in [0.2, 0.25) is 0 Å². The number of hydrogen-bond donors (Lipinski definition) is 1. The zero-order valence-electron chi connectivity index (χ0n) is 15.1. The highest BCUT2D eigenvalue weighted by atomic mass is 127. The van der Waals surface area contributed by atoms with Crippen LogP contribution >= 0.6 is 22.6 Å². The number of carboxylic acid groups (broad SMARTS) is 1. The molecule has 6 heteroatoms. The predicted molar refractivity (Wildman–Crippen MR) is 117 cm³/mol. The minimum Gasteiger partial charge on any atom is -0.488 e. The fourth-order valence-electron chi connectivity index (χ4n) is 2.60. The molecular formula is C23H15FINO3. The number of benzene rings is 3. The van der Waals surface area contributed by atoms with E-state index < -0.39 is 5.97 Å². The molecule has 0 aliphatic carbocycles. The van der Waals surface area contributed by atoms with Crippen molar-refractivity contribution in [2.45, 2.75) is 6.61 Å². The highest BCUT2D eigenvalue weighted by Crippen LogP contribution is 2.26. The van der Waals surface area contributed by atoms with E-state index in [1.54, 1.807) is 42.5 Å². The Hall–Kier alpha value is -3.18. The lowest BCUT2D eigenvalue weighted by Crippen LogP contribution is -1.99. The van der Waals surface area contributed by atoms with Crippen molar-refractivity contribution in [3.05, 3.63) is 98.4 Å². The molecule has 3 aromatic carbocycles. The van der Waals surface area contributed by atoms with Gasteiger partial charge in [0.05, 0.1) is 20.8 Å². The zero-order chi connectivity index (χ0) is 20.8. The van der Waals surface area contributed by atoms with Gasteiger partial charge in [-0.05, 0) is 81.8 Å². The number of hydrogen-bond acceptors (Lipinski definition) is 3. The van der Waals surface area contributed by atoms with Crippen molar-refractivity contribution in [2.24, 2.45) is 0 Å². The van der Waals surface area contributed by atoms with Gasteiger partial charge in [-0.15, -0.1) is 0 Å². The van der Waals surface area contributed by atoms with E-state index in [0.29, 0.717) is 23.5 Å². The number of ether oxygens (including phenoxy) is 1. The molecule has 0 unspecified atom stereocenters. The molecule has 0 heterocycles. The van der Waals surface area contributed by atoms with Gasteiger partial charge in [0.1, 0.15) is 18.2 Å². The smallest absolute Gasteiger partial charge is 0.335 e. The van der Waals surface area contributed by atoms with Gasteiger partial charge < -0.3 is 9.84 Å². The Kier molecular flexibility index (Phi) is 6.62. The van der Waals surface area contributed by atoms with Gasteiger partial charge >= 0.3 is 5.97 Å². The van der Waals surface area contributed by atoms with Crippen molar-refractivity contribution in [1.29, 1.82) is 5.26 Å². The second-order valence-corrected chi connectivity index (χ2v) is 7.32. The first-order chi connectivity index (χ1) is 14.0. The monoisotopic (exact) mass is 499 g/mol. The molecular weight excluding hydrogens is 484 g/mol. The number of rotatable bonds is 6. The number of aromatic carboxylic acids is 1. The molecule has 3 aromatic rings. The molecule has 0 bridgehead atoms. The van der Waals surface area contributed by atoms with Crippen molar-refractivity contribution in [1.82, 2.24) is 0 Å². The molecule has 0 radical (unpaired) electrons. The summed E-state index contributed by atoms with van der Waals surface area (Å²) in [5.41, 5.74) is 3.00. The van der Waals surface area contributed by atoms with E-state index >= 15 is 0 Å². The van der Waals surface area contributed by atoms with E-state index in [-0.39, 0.29) is 11.4 Å². The van der Waals surface area contributed by atoms with E-state index in [2.05, 4.69) is 28.7 Å². The Labute approximate surface area is 181 Å². The summed E-state index contributed by atoms with van der Waals surface area (Å²) in [7, 11) is 0. The molecule has 4 nitrogen and oxygen atoms in total. The normalized spacial score (nSPS) is 11.0. The second-order valence-electron chi connectivity index (χ2n) is 6.16. The molecule has 0 spiro atoms. The topological polar surface area (TPSA) is 70.3 Å². The highest BCUT2D eigenvalue weighted by molar-refractivity contribution is 14.1. The molecule has 29 heavy (non-hydrogen) atoms. The SMILES string of the molecule is N#C/C(=C/c1ccc(OCc2ccc(C(=O)O)cc2)c(I)c1)c1ccc(F)cc1. The van der Waals surface area contributed by atoms with E-state index in [1.165, 1.54) is 12.1 Å². The molecule has 0 aliphatic heterocycles. The number of nitrogens with zero attached hydrogens (tertiary/aromatic N) is 1. The summed E-state index contributed by atoms with van der Waals surface area (Å²) in [5, 5.41) is 18.4. The average molecular weight is 499 g/mol. The van der Waals surface area contributed by atoms with Gasteiger partial charge in [-0.25, -0.2) is 9.18 Å². The van der Waals surface area contributed by atoms with Crippen LogP contribution < -0.4 is 4.74 Å². The number of allylic oxidation sites excluding steroid dienone is 1. The van der Waals surface area contributed by atoms with E-state index in [4.69, 9.17) is 9.84 Å². The van der Waals surface area contributed by atoms with Crippen molar-refractivity contribution in [2.75, 3.05) is 0 Å². The van der Waals surface area contributed by atoms with Crippen molar-refractivity contribution >= 4 is 40.2 Å². The standard InChI is InChI=1S/C23H15FINO3/c24-20-8-6-17(7-9-20)19(13-26)11-16-3-10-22(21(25)12-16)29-14-15-1-4-18(5-2-15)23(27)28/h1-12H,14H2,(H,27,28)/b19-11-. The van der Waals surface area contributed by atoms with Crippen LogP contribution in [0, 0.1) is 20.7 Å².